The third-order valence-corrected chi connectivity index (χ3v) is 5.65. The Morgan fingerprint density at radius 2 is 1.71 bits per heavy atom. The Hall–Kier alpha value is -4.21. The van der Waals surface area contributed by atoms with E-state index in [-0.39, 0.29) is 12.2 Å². The number of rotatable bonds is 5. The Labute approximate surface area is 197 Å². The van der Waals surface area contributed by atoms with Gasteiger partial charge in [-0.05, 0) is 58.7 Å². The van der Waals surface area contributed by atoms with Crippen molar-refractivity contribution in [2.75, 3.05) is 6.61 Å². The van der Waals surface area contributed by atoms with Gasteiger partial charge in [0, 0.05) is 13.0 Å². The fraction of sp³-hybridized carbons (Fsp3) is 0.160. The number of amides is 1. The number of alkyl halides is 3. The van der Waals surface area contributed by atoms with E-state index in [2.05, 4.69) is 21.7 Å². The van der Waals surface area contributed by atoms with Crippen LogP contribution in [-0.4, -0.2) is 27.5 Å². The highest BCUT2D eigenvalue weighted by molar-refractivity contribution is 5.93. The number of aromatic nitrogens is 3. The van der Waals surface area contributed by atoms with Gasteiger partial charge in [-0.15, -0.1) is 5.10 Å². The third kappa shape index (κ3) is 4.59. The molecule has 35 heavy (non-hydrogen) atoms. The smallest absolute Gasteiger partial charge is 0.435 e. The van der Waals surface area contributed by atoms with Gasteiger partial charge in [-0.3, -0.25) is 4.79 Å². The molecule has 0 atom stereocenters. The van der Waals surface area contributed by atoms with Gasteiger partial charge < -0.3 is 10.1 Å². The van der Waals surface area contributed by atoms with Crippen molar-refractivity contribution in [1.29, 1.82) is 0 Å². The first-order valence-corrected chi connectivity index (χ1v) is 10.7. The Bertz CT molecular complexity index is 1380. The number of hydrogen-bond donors (Lipinski definition) is 1. The standard InChI is InChI=1S/C25H18F4N4O2/c26-19-6-8-20(9-7-19)33-23(25(27,28)29)22(31-32-33)24(34)30-14-15-1-3-16(4-2-15)17-5-10-21-18(13-17)11-12-35-21/h1-10,13H,11-12,14H2,(H,30,34). The molecule has 0 radical (unpaired) electrons. The topological polar surface area (TPSA) is 69.0 Å². The summed E-state index contributed by atoms with van der Waals surface area (Å²) in [6.45, 7) is 0.670. The maximum Gasteiger partial charge on any atom is 0.435 e. The Morgan fingerprint density at radius 3 is 2.43 bits per heavy atom. The van der Waals surface area contributed by atoms with Crippen molar-refractivity contribution in [3.05, 3.63) is 95.1 Å². The highest BCUT2D eigenvalue weighted by Crippen LogP contribution is 2.33. The zero-order chi connectivity index (χ0) is 24.6. The number of hydrogen-bond acceptors (Lipinski definition) is 4. The van der Waals surface area contributed by atoms with Crippen LogP contribution in [0.25, 0.3) is 16.8 Å². The molecule has 1 aromatic heterocycles. The second kappa shape index (κ2) is 8.86. The molecule has 2 heterocycles. The van der Waals surface area contributed by atoms with E-state index in [1.807, 2.05) is 24.3 Å². The number of halogens is 4. The summed E-state index contributed by atoms with van der Waals surface area (Å²) in [7, 11) is 0. The van der Waals surface area contributed by atoms with Crippen molar-refractivity contribution in [3.8, 4) is 22.6 Å². The van der Waals surface area contributed by atoms with Gasteiger partial charge >= 0.3 is 6.18 Å². The van der Waals surface area contributed by atoms with E-state index in [1.165, 1.54) is 0 Å². The molecule has 0 saturated heterocycles. The summed E-state index contributed by atoms with van der Waals surface area (Å²) >= 11 is 0. The summed E-state index contributed by atoms with van der Waals surface area (Å²) in [6.07, 6.45) is -4.05. The first kappa shape index (κ1) is 22.6. The van der Waals surface area contributed by atoms with Crippen molar-refractivity contribution in [2.45, 2.75) is 19.1 Å². The van der Waals surface area contributed by atoms with Gasteiger partial charge in [0.25, 0.3) is 5.91 Å². The van der Waals surface area contributed by atoms with Crippen molar-refractivity contribution in [3.63, 3.8) is 0 Å². The van der Waals surface area contributed by atoms with Crippen LogP contribution in [0.2, 0.25) is 0 Å². The van der Waals surface area contributed by atoms with Crippen molar-refractivity contribution < 1.29 is 27.1 Å². The van der Waals surface area contributed by atoms with Crippen LogP contribution < -0.4 is 10.1 Å². The van der Waals surface area contributed by atoms with E-state index in [1.54, 1.807) is 12.1 Å². The van der Waals surface area contributed by atoms with Crippen LogP contribution >= 0.6 is 0 Å². The lowest BCUT2D eigenvalue weighted by atomic mass is 10.0. The minimum Gasteiger partial charge on any atom is -0.493 e. The predicted octanol–water partition coefficient (Wildman–Crippen LogP) is 4.96. The third-order valence-electron chi connectivity index (χ3n) is 5.65. The molecule has 1 N–H and O–H groups in total. The first-order valence-electron chi connectivity index (χ1n) is 10.7. The Balaban J connectivity index is 1.32. The van der Waals surface area contributed by atoms with Gasteiger partial charge in [0.1, 0.15) is 11.6 Å². The van der Waals surface area contributed by atoms with Crippen LogP contribution in [0.15, 0.2) is 66.7 Å². The minimum atomic E-state index is -4.91. The molecule has 1 aliphatic heterocycles. The van der Waals surface area contributed by atoms with Gasteiger partial charge in [-0.2, -0.15) is 13.2 Å². The fourth-order valence-corrected chi connectivity index (χ4v) is 3.90. The zero-order valence-electron chi connectivity index (χ0n) is 18.1. The lowest BCUT2D eigenvalue weighted by Gasteiger charge is -2.11. The molecule has 5 rings (SSSR count). The number of nitrogens with one attached hydrogen (secondary N) is 1. The normalized spacial score (nSPS) is 12.8. The molecule has 0 spiro atoms. The van der Waals surface area contributed by atoms with E-state index in [9.17, 15) is 22.4 Å². The average Bonchev–Trinajstić information content (AvgIpc) is 3.50. The second-order valence-electron chi connectivity index (χ2n) is 7.97. The summed E-state index contributed by atoms with van der Waals surface area (Å²) in [4.78, 5) is 12.6. The van der Waals surface area contributed by atoms with Crippen molar-refractivity contribution in [1.82, 2.24) is 20.3 Å². The van der Waals surface area contributed by atoms with Gasteiger partial charge in [-0.25, -0.2) is 9.07 Å². The number of nitrogens with zero attached hydrogens (tertiary/aromatic N) is 3. The van der Waals surface area contributed by atoms with Crippen molar-refractivity contribution >= 4 is 5.91 Å². The van der Waals surface area contributed by atoms with Gasteiger partial charge in [0.2, 0.25) is 0 Å². The summed E-state index contributed by atoms with van der Waals surface area (Å²) in [6, 6.07) is 17.5. The molecular weight excluding hydrogens is 464 g/mol. The summed E-state index contributed by atoms with van der Waals surface area (Å²) in [5, 5.41) is 9.40. The summed E-state index contributed by atoms with van der Waals surface area (Å²) in [5.74, 6) is -0.743. The molecule has 0 unspecified atom stereocenters. The van der Waals surface area contributed by atoms with Crippen LogP contribution in [0.1, 0.15) is 27.3 Å². The van der Waals surface area contributed by atoms with Crippen LogP contribution in [-0.2, 0) is 19.1 Å². The SMILES string of the molecule is O=C(NCc1ccc(-c2ccc3c(c2)CCO3)cc1)c1nnn(-c2ccc(F)cc2)c1C(F)(F)F. The number of carbonyl (C=O) groups is 1. The van der Waals surface area contributed by atoms with E-state index >= 15 is 0 Å². The predicted molar refractivity (Wildman–Crippen MR) is 119 cm³/mol. The van der Waals surface area contributed by atoms with E-state index < -0.39 is 29.3 Å². The number of fused-ring (bicyclic) bond motifs is 1. The molecule has 0 bridgehead atoms. The van der Waals surface area contributed by atoms with E-state index in [0.29, 0.717) is 16.9 Å². The molecule has 1 amide bonds. The molecule has 1 aliphatic rings. The van der Waals surface area contributed by atoms with E-state index in [0.717, 1.165) is 53.1 Å². The lowest BCUT2D eigenvalue weighted by molar-refractivity contribution is -0.143. The monoisotopic (exact) mass is 482 g/mol. The second-order valence-corrected chi connectivity index (χ2v) is 7.97. The van der Waals surface area contributed by atoms with Crippen molar-refractivity contribution in [2.24, 2.45) is 0 Å². The highest BCUT2D eigenvalue weighted by Gasteiger charge is 2.42. The lowest BCUT2D eigenvalue weighted by Crippen LogP contribution is -2.27. The number of ether oxygens (including phenoxy) is 1. The summed E-state index contributed by atoms with van der Waals surface area (Å²) in [5.41, 5.74) is 1.57. The quantitative estimate of drug-likeness (QED) is 0.409. The molecule has 10 heteroatoms. The molecule has 4 aromatic rings. The van der Waals surface area contributed by atoms with E-state index in [4.69, 9.17) is 4.74 Å². The van der Waals surface area contributed by atoms with Gasteiger partial charge in [-0.1, -0.05) is 35.5 Å². The molecule has 178 valence electrons. The molecule has 0 saturated carbocycles. The zero-order valence-corrected chi connectivity index (χ0v) is 18.1. The highest BCUT2D eigenvalue weighted by atomic mass is 19.4. The van der Waals surface area contributed by atoms with Crippen LogP contribution in [0, 0.1) is 5.82 Å². The molecule has 6 nitrogen and oxygen atoms in total. The van der Waals surface area contributed by atoms with Crippen LogP contribution in [0.4, 0.5) is 17.6 Å². The fourth-order valence-electron chi connectivity index (χ4n) is 3.90. The number of benzene rings is 3. The molecule has 0 aliphatic carbocycles. The minimum absolute atomic E-state index is 0.00214. The maximum atomic E-state index is 13.8. The Kier molecular flexibility index (Phi) is 5.72. The average molecular weight is 482 g/mol. The largest absolute Gasteiger partial charge is 0.493 e. The summed E-state index contributed by atoms with van der Waals surface area (Å²) < 4.78 is 60.4. The van der Waals surface area contributed by atoms with Gasteiger partial charge in [0.05, 0.1) is 12.3 Å². The molecule has 0 fully saturated rings. The number of carbonyl (C=O) groups excluding carboxylic acids is 1. The Morgan fingerprint density at radius 1 is 1.00 bits per heavy atom. The van der Waals surface area contributed by atoms with Crippen LogP contribution in [0.5, 0.6) is 5.75 Å². The molecule has 3 aromatic carbocycles. The van der Waals surface area contributed by atoms with Gasteiger partial charge in [0.15, 0.2) is 11.4 Å². The maximum absolute atomic E-state index is 13.8. The first-order chi connectivity index (χ1) is 16.8. The van der Waals surface area contributed by atoms with Crippen LogP contribution in [0.3, 0.4) is 0 Å². The molecular formula is C25H18F4N4O2.